The third-order valence-corrected chi connectivity index (χ3v) is 5.59. The molecule has 0 fully saturated rings. The molecule has 1 aromatic heterocycles. The highest BCUT2D eigenvalue weighted by atomic mass is 16.5. The summed E-state index contributed by atoms with van der Waals surface area (Å²) >= 11 is 0. The molecule has 0 radical (unpaired) electrons. The van der Waals surface area contributed by atoms with Gasteiger partial charge in [-0.15, -0.1) is 0 Å². The summed E-state index contributed by atoms with van der Waals surface area (Å²) in [6.45, 7) is 1.46. The Hall–Kier alpha value is -6.23. The van der Waals surface area contributed by atoms with E-state index in [0.29, 0.717) is 0 Å². The number of anilines is 1. The summed E-state index contributed by atoms with van der Waals surface area (Å²) in [4.78, 5) is 61.2. The van der Waals surface area contributed by atoms with Crippen LogP contribution in [0.3, 0.4) is 0 Å². The SMILES string of the molecule is C#COC(=O)c1nn(-c2ccc(C(=O)O)cc2)c(O)c1C=C1C(=O)N(c2ccc(C(=O)O)cc2)N=C1C(=O)OCC. The zero-order chi connectivity index (χ0) is 29.8. The van der Waals surface area contributed by atoms with E-state index < -0.39 is 52.6 Å². The highest BCUT2D eigenvalue weighted by molar-refractivity contribution is 6.54. The Morgan fingerprint density at radius 1 is 0.951 bits per heavy atom. The predicted molar refractivity (Wildman–Crippen MR) is 139 cm³/mol. The molecule has 3 N–H and O–H groups in total. The van der Waals surface area contributed by atoms with Gasteiger partial charge in [-0.1, -0.05) is 6.42 Å². The molecule has 0 atom stereocenters. The number of carboxylic acid groups (broad SMARTS) is 2. The Bertz CT molecular complexity index is 1690. The summed E-state index contributed by atoms with van der Waals surface area (Å²) in [7, 11) is 0. The number of hydrazone groups is 1. The highest BCUT2D eigenvalue weighted by Gasteiger charge is 2.37. The monoisotopic (exact) mass is 558 g/mol. The molecule has 0 unspecified atom stereocenters. The smallest absolute Gasteiger partial charge is 0.373 e. The maximum absolute atomic E-state index is 13.5. The first-order chi connectivity index (χ1) is 19.6. The van der Waals surface area contributed by atoms with Crippen LogP contribution in [0, 0.1) is 12.5 Å². The van der Waals surface area contributed by atoms with Crippen molar-refractivity contribution < 1.29 is 48.8 Å². The van der Waals surface area contributed by atoms with Gasteiger partial charge in [-0.25, -0.2) is 19.2 Å². The number of carbonyl (C=O) groups excluding carboxylic acids is 3. The van der Waals surface area contributed by atoms with Crippen molar-refractivity contribution in [2.75, 3.05) is 11.6 Å². The second-order valence-corrected chi connectivity index (χ2v) is 8.05. The van der Waals surface area contributed by atoms with Crippen molar-refractivity contribution in [2.24, 2.45) is 5.10 Å². The van der Waals surface area contributed by atoms with Crippen LogP contribution in [0.1, 0.15) is 43.7 Å². The lowest BCUT2D eigenvalue weighted by Crippen LogP contribution is -2.23. The lowest BCUT2D eigenvalue weighted by Gasteiger charge is -2.11. The number of aromatic hydroxyl groups is 1. The summed E-state index contributed by atoms with van der Waals surface area (Å²) < 4.78 is 10.5. The van der Waals surface area contributed by atoms with Crippen molar-refractivity contribution in [1.29, 1.82) is 0 Å². The van der Waals surface area contributed by atoms with Crippen LogP contribution >= 0.6 is 0 Å². The number of hydrogen-bond acceptors (Lipinski definition) is 10. The number of aromatic nitrogens is 2. The van der Waals surface area contributed by atoms with E-state index in [1.54, 1.807) is 6.11 Å². The molecule has 4 rings (SSSR count). The highest BCUT2D eigenvalue weighted by Crippen LogP contribution is 2.32. The second kappa shape index (κ2) is 11.3. The molecule has 0 spiro atoms. The van der Waals surface area contributed by atoms with Gasteiger partial charge in [-0.2, -0.15) is 19.9 Å². The predicted octanol–water partition coefficient (Wildman–Crippen LogP) is 2.07. The zero-order valence-corrected chi connectivity index (χ0v) is 21.0. The normalized spacial score (nSPS) is 13.5. The average Bonchev–Trinajstić information content (AvgIpc) is 3.46. The van der Waals surface area contributed by atoms with Crippen molar-refractivity contribution in [1.82, 2.24) is 9.78 Å². The van der Waals surface area contributed by atoms with Gasteiger partial charge in [0.05, 0.1) is 40.2 Å². The molecule has 0 bridgehead atoms. The fourth-order valence-corrected chi connectivity index (χ4v) is 3.69. The Morgan fingerprint density at radius 2 is 1.51 bits per heavy atom. The topological polar surface area (TPSA) is 198 Å². The van der Waals surface area contributed by atoms with Crippen LogP contribution < -0.4 is 5.01 Å². The van der Waals surface area contributed by atoms with E-state index in [9.17, 15) is 29.1 Å². The maximum atomic E-state index is 13.5. The third-order valence-electron chi connectivity index (χ3n) is 5.59. The third kappa shape index (κ3) is 5.36. The first kappa shape index (κ1) is 27.8. The van der Waals surface area contributed by atoms with Crippen molar-refractivity contribution in [3.63, 3.8) is 0 Å². The van der Waals surface area contributed by atoms with Gasteiger partial charge in [0.15, 0.2) is 11.4 Å². The number of carbonyl (C=O) groups is 5. The molecule has 0 aliphatic carbocycles. The quantitative estimate of drug-likeness (QED) is 0.208. The van der Waals surface area contributed by atoms with Gasteiger partial charge in [0.2, 0.25) is 5.88 Å². The molecule has 206 valence electrons. The maximum Gasteiger partial charge on any atom is 0.373 e. The molecule has 2 heterocycles. The molecule has 41 heavy (non-hydrogen) atoms. The minimum Gasteiger partial charge on any atom is -0.493 e. The standard InChI is InChI=1S/C27H18N4O10/c1-3-40-26(38)20-18(22(32)30(28-20)16-9-5-14(6-10-16)24(34)35)13-19-21(27(39)41-4-2)29-31(23(19)33)17-11-7-15(8-12-17)25(36)37/h1,5-13,32H,4H2,2H3,(H,34,35)(H,36,37). The van der Waals surface area contributed by atoms with Crippen LogP contribution in [0.5, 0.6) is 5.88 Å². The van der Waals surface area contributed by atoms with Crippen molar-refractivity contribution in [3.8, 4) is 24.1 Å². The van der Waals surface area contributed by atoms with Gasteiger partial charge in [-0.3, -0.25) is 4.79 Å². The second-order valence-electron chi connectivity index (χ2n) is 8.05. The van der Waals surface area contributed by atoms with Crippen molar-refractivity contribution in [3.05, 3.63) is 76.5 Å². The number of amides is 1. The Labute approximate surface area is 230 Å². The molecule has 1 amide bonds. The first-order valence-electron chi connectivity index (χ1n) is 11.5. The molecule has 0 saturated heterocycles. The molecule has 0 saturated carbocycles. The average molecular weight is 558 g/mol. The van der Waals surface area contributed by atoms with Crippen LogP contribution in [0.2, 0.25) is 0 Å². The van der Waals surface area contributed by atoms with Gasteiger partial charge in [0.1, 0.15) is 6.11 Å². The molecule has 3 aromatic rings. The van der Waals surface area contributed by atoms with Crippen LogP contribution in [0.15, 0.2) is 59.2 Å². The minimum atomic E-state index is -1.20. The number of esters is 2. The van der Waals surface area contributed by atoms with E-state index in [1.165, 1.54) is 55.5 Å². The van der Waals surface area contributed by atoms with E-state index >= 15 is 0 Å². The number of carboxylic acids is 2. The fourth-order valence-electron chi connectivity index (χ4n) is 3.69. The van der Waals surface area contributed by atoms with Gasteiger partial charge in [0, 0.05) is 0 Å². The summed E-state index contributed by atoms with van der Waals surface area (Å²) in [5.74, 6) is -6.15. The molecular weight excluding hydrogens is 540 g/mol. The van der Waals surface area contributed by atoms with Gasteiger partial charge < -0.3 is 24.8 Å². The Kier molecular flexibility index (Phi) is 7.63. The number of benzene rings is 2. The van der Waals surface area contributed by atoms with Crippen LogP contribution in [0.25, 0.3) is 11.8 Å². The number of nitrogens with zero attached hydrogens (tertiary/aromatic N) is 4. The van der Waals surface area contributed by atoms with Gasteiger partial charge >= 0.3 is 23.9 Å². The number of rotatable bonds is 8. The molecule has 2 aromatic carbocycles. The van der Waals surface area contributed by atoms with Crippen LogP contribution in [-0.4, -0.2) is 67.2 Å². The minimum absolute atomic E-state index is 0.0574. The summed E-state index contributed by atoms with van der Waals surface area (Å²) in [6, 6.07) is 10.1. The van der Waals surface area contributed by atoms with Crippen LogP contribution in [-0.2, 0) is 19.1 Å². The fraction of sp³-hybridized carbons (Fsp3) is 0.0741. The van der Waals surface area contributed by atoms with Crippen molar-refractivity contribution in [2.45, 2.75) is 6.92 Å². The molecule has 14 heteroatoms. The van der Waals surface area contributed by atoms with E-state index in [2.05, 4.69) is 14.9 Å². The number of hydrogen-bond donors (Lipinski definition) is 3. The van der Waals surface area contributed by atoms with E-state index in [0.717, 1.165) is 15.8 Å². The van der Waals surface area contributed by atoms with Gasteiger partial charge in [-0.05, 0) is 61.5 Å². The summed E-state index contributed by atoms with van der Waals surface area (Å²) in [5.41, 5.74) is -1.69. The zero-order valence-electron chi connectivity index (χ0n) is 21.0. The summed E-state index contributed by atoms with van der Waals surface area (Å²) in [5, 5.41) is 38.2. The number of terminal acetylenes is 1. The lowest BCUT2D eigenvalue weighted by atomic mass is 10.1. The largest absolute Gasteiger partial charge is 0.493 e. The van der Waals surface area contributed by atoms with Gasteiger partial charge in [0.25, 0.3) is 5.91 Å². The van der Waals surface area contributed by atoms with Crippen LogP contribution in [0.4, 0.5) is 5.69 Å². The number of aromatic carboxylic acids is 2. The molecule has 1 aliphatic rings. The molecule has 14 nitrogen and oxygen atoms in total. The summed E-state index contributed by atoms with van der Waals surface area (Å²) in [6.07, 6.45) is 7.73. The molecular formula is C27H18N4O10. The first-order valence-corrected chi connectivity index (χ1v) is 11.5. The molecule has 1 aliphatic heterocycles. The van der Waals surface area contributed by atoms with E-state index in [-0.39, 0.29) is 34.7 Å². The Morgan fingerprint density at radius 3 is 2.02 bits per heavy atom. The van der Waals surface area contributed by atoms with E-state index in [4.69, 9.17) is 21.4 Å². The lowest BCUT2D eigenvalue weighted by molar-refractivity contribution is -0.135. The number of ether oxygens (including phenoxy) is 2. The van der Waals surface area contributed by atoms with E-state index in [1.807, 2.05) is 0 Å². The van der Waals surface area contributed by atoms with Crippen molar-refractivity contribution >= 4 is 47.3 Å². The Balaban J connectivity index is 1.86.